The Morgan fingerprint density at radius 3 is 2.11 bits per heavy atom. The SMILES string of the molecule is CCC(O)(COC)C1(CN)CCC(C(C)(C)C)CC1. The predicted molar refractivity (Wildman–Crippen MR) is 80.0 cm³/mol. The molecule has 1 aliphatic rings. The molecular formula is C16H33NO2. The summed E-state index contributed by atoms with van der Waals surface area (Å²) in [4.78, 5) is 0. The Kier molecular flexibility index (Phi) is 5.44. The molecule has 0 aromatic carbocycles. The lowest BCUT2D eigenvalue weighted by molar-refractivity contribution is -0.145. The van der Waals surface area contributed by atoms with Gasteiger partial charge in [0.05, 0.1) is 12.2 Å². The average Bonchev–Trinajstić information content (AvgIpc) is 2.37. The standard InChI is InChI=1S/C16H33NO2/c1-6-16(18,12-19-5)15(11-17)9-7-13(8-10-15)14(2,3)4/h13,18H,6-12,17H2,1-5H3. The summed E-state index contributed by atoms with van der Waals surface area (Å²) in [6.45, 7) is 9.92. The molecule has 0 saturated heterocycles. The molecular weight excluding hydrogens is 238 g/mol. The lowest BCUT2D eigenvalue weighted by Gasteiger charge is -2.51. The van der Waals surface area contributed by atoms with Gasteiger partial charge < -0.3 is 15.6 Å². The van der Waals surface area contributed by atoms with Crippen LogP contribution in [0, 0.1) is 16.7 Å². The van der Waals surface area contributed by atoms with Gasteiger partial charge in [-0.2, -0.15) is 0 Å². The molecule has 0 radical (unpaired) electrons. The van der Waals surface area contributed by atoms with Crippen LogP contribution in [0.4, 0.5) is 0 Å². The van der Waals surface area contributed by atoms with Crippen LogP contribution >= 0.6 is 0 Å². The minimum absolute atomic E-state index is 0.167. The largest absolute Gasteiger partial charge is 0.387 e. The second-order valence-corrected chi connectivity index (χ2v) is 7.44. The van der Waals surface area contributed by atoms with Gasteiger partial charge in [0.2, 0.25) is 0 Å². The van der Waals surface area contributed by atoms with Crippen molar-refractivity contribution < 1.29 is 9.84 Å². The lowest BCUT2D eigenvalue weighted by atomic mass is 9.57. The molecule has 0 bridgehead atoms. The van der Waals surface area contributed by atoms with Gasteiger partial charge in [-0.05, 0) is 43.4 Å². The van der Waals surface area contributed by atoms with Crippen molar-refractivity contribution in [3.63, 3.8) is 0 Å². The highest BCUT2D eigenvalue weighted by molar-refractivity contribution is 5.02. The summed E-state index contributed by atoms with van der Waals surface area (Å²) in [6.07, 6.45) is 5.05. The smallest absolute Gasteiger partial charge is 0.0945 e. The van der Waals surface area contributed by atoms with Crippen molar-refractivity contribution in [3.8, 4) is 0 Å². The Labute approximate surface area is 118 Å². The van der Waals surface area contributed by atoms with Crippen molar-refractivity contribution in [1.82, 2.24) is 0 Å². The summed E-state index contributed by atoms with van der Waals surface area (Å²) in [5.41, 5.74) is 5.48. The summed E-state index contributed by atoms with van der Waals surface area (Å²) < 4.78 is 5.27. The van der Waals surface area contributed by atoms with E-state index in [9.17, 15) is 5.11 Å². The van der Waals surface area contributed by atoms with E-state index in [1.54, 1.807) is 7.11 Å². The van der Waals surface area contributed by atoms with Gasteiger partial charge in [0.25, 0.3) is 0 Å². The average molecular weight is 271 g/mol. The molecule has 0 spiro atoms. The molecule has 0 aliphatic heterocycles. The van der Waals surface area contributed by atoms with Crippen molar-refractivity contribution in [2.24, 2.45) is 22.5 Å². The molecule has 1 aliphatic carbocycles. The fourth-order valence-electron chi connectivity index (χ4n) is 3.76. The fourth-order valence-corrected chi connectivity index (χ4v) is 3.76. The van der Waals surface area contributed by atoms with E-state index in [-0.39, 0.29) is 5.41 Å². The Bertz CT molecular complexity index is 277. The first kappa shape index (κ1) is 16.9. The van der Waals surface area contributed by atoms with Gasteiger partial charge in [-0.25, -0.2) is 0 Å². The van der Waals surface area contributed by atoms with Crippen molar-refractivity contribution in [2.45, 2.75) is 65.4 Å². The van der Waals surface area contributed by atoms with Crippen LogP contribution in [0.25, 0.3) is 0 Å². The lowest BCUT2D eigenvalue weighted by Crippen LogP contribution is -2.57. The Morgan fingerprint density at radius 1 is 1.26 bits per heavy atom. The van der Waals surface area contributed by atoms with Crippen LogP contribution in [0.15, 0.2) is 0 Å². The zero-order chi connectivity index (χ0) is 14.7. The van der Waals surface area contributed by atoms with Gasteiger partial charge in [-0.15, -0.1) is 0 Å². The highest BCUT2D eigenvalue weighted by atomic mass is 16.5. The molecule has 19 heavy (non-hydrogen) atoms. The number of hydrogen-bond donors (Lipinski definition) is 2. The molecule has 1 rings (SSSR count). The first-order valence-electron chi connectivity index (χ1n) is 7.66. The Morgan fingerprint density at radius 2 is 1.79 bits per heavy atom. The number of hydrogen-bond acceptors (Lipinski definition) is 3. The number of rotatable bonds is 5. The van der Waals surface area contributed by atoms with Crippen LogP contribution in [0.3, 0.4) is 0 Å². The molecule has 0 aromatic heterocycles. The third kappa shape index (κ3) is 3.32. The topological polar surface area (TPSA) is 55.5 Å². The molecule has 0 heterocycles. The zero-order valence-electron chi connectivity index (χ0n) is 13.5. The van der Waals surface area contributed by atoms with Gasteiger partial charge in [0, 0.05) is 19.1 Å². The monoisotopic (exact) mass is 271 g/mol. The maximum absolute atomic E-state index is 11.0. The van der Waals surface area contributed by atoms with Gasteiger partial charge in [0.15, 0.2) is 0 Å². The summed E-state index contributed by atoms with van der Waals surface area (Å²) in [6, 6.07) is 0. The molecule has 0 amide bonds. The minimum atomic E-state index is -0.778. The van der Waals surface area contributed by atoms with E-state index in [4.69, 9.17) is 10.5 Å². The van der Waals surface area contributed by atoms with Crippen molar-refractivity contribution in [3.05, 3.63) is 0 Å². The van der Waals surface area contributed by atoms with E-state index in [2.05, 4.69) is 20.8 Å². The van der Waals surface area contributed by atoms with Crippen LogP contribution < -0.4 is 5.73 Å². The number of methoxy groups -OCH3 is 1. The van der Waals surface area contributed by atoms with E-state index in [0.29, 0.717) is 25.0 Å². The van der Waals surface area contributed by atoms with Crippen molar-refractivity contribution >= 4 is 0 Å². The van der Waals surface area contributed by atoms with Gasteiger partial charge in [-0.1, -0.05) is 27.7 Å². The van der Waals surface area contributed by atoms with Crippen LogP contribution in [-0.4, -0.2) is 31.0 Å². The van der Waals surface area contributed by atoms with Gasteiger partial charge in [0.1, 0.15) is 0 Å². The number of aliphatic hydroxyl groups is 1. The molecule has 0 aromatic rings. The minimum Gasteiger partial charge on any atom is -0.387 e. The third-order valence-corrected chi connectivity index (χ3v) is 5.51. The van der Waals surface area contributed by atoms with Gasteiger partial charge in [-0.3, -0.25) is 0 Å². The summed E-state index contributed by atoms with van der Waals surface area (Å²) in [5.74, 6) is 0.732. The zero-order valence-corrected chi connectivity index (χ0v) is 13.5. The van der Waals surface area contributed by atoms with Gasteiger partial charge >= 0.3 is 0 Å². The Balaban J connectivity index is 2.85. The summed E-state index contributed by atoms with van der Waals surface area (Å²) >= 11 is 0. The normalized spacial score (nSPS) is 32.1. The molecule has 1 saturated carbocycles. The molecule has 3 nitrogen and oxygen atoms in total. The second-order valence-electron chi connectivity index (χ2n) is 7.44. The van der Waals surface area contributed by atoms with Crippen LogP contribution in [0.5, 0.6) is 0 Å². The molecule has 3 N–H and O–H groups in total. The van der Waals surface area contributed by atoms with E-state index >= 15 is 0 Å². The molecule has 114 valence electrons. The van der Waals surface area contributed by atoms with Crippen molar-refractivity contribution in [1.29, 1.82) is 0 Å². The number of ether oxygens (including phenoxy) is 1. The second kappa shape index (κ2) is 6.11. The highest BCUT2D eigenvalue weighted by Crippen LogP contribution is 2.50. The van der Waals surface area contributed by atoms with E-state index < -0.39 is 5.60 Å². The van der Waals surface area contributed by atoms with E-state index in [0.717, 1.165) is 31.6 Å². The summed E-state index contributed by atoms with van der Waals surface area (Å²) in [5, 5.41) is 11.0. The van der Waals surface area contributed by atoms with Crippen LogP contribution in [0.1, 0.15) is 59.8 Å². The van der Waals surface area contributed by atoms with E-state index in [1.807, 2.05) is 6.92 Å². The third-order valence-electron chi connectivity index (χ3n) is 5.51. The molecule has 1 unspecified atom stereocenters. The number of nitrogens with two attached hydrogens (primary N) is 1. The van der Waals surface area contributed by atoms with E-state index in [1.165, 1.54) is 0 Å². The van der Waals surface area contributed by atoms with Crippen molar-refractivity contribution in [2.75, 3.05) is 20.3 Å². The quantitative estimate of drug-likeness (QED) is 0.808. The molecule has 1 fully saturated rings. The van der Waals surface area contributed by atoms with Crippen LogP contribution in [-0.2, 0) is 4.74 Å². The first-order chi connectivity index (χ1) is 8.74. The van der Waals surface area contributed by atoms with Crippen LogP contribution in [0.2, 0.25) is 0 Å². The Hall–Kier alpha value is -0.120. The maximum Gasteiger partial charge on any atom is 0.0945 e. The summed E-state index contributed by atoms with van der Waals surface area (Å²) in [7, 11) is 1.66. The fraction of sp³-hybridized carbons (Fsp3) is 1.00. The first-order valence-corrected chi connectivity index (χ1v) is 7.66. The molecule has 1 atom stereocenters. The highest BCUT2D eigenvalue weighted by Gasteiger charge is 2.50. The maximum atomic E-state index is 11.0. The molecule has 3 heteroatoms. The predicted octanol–water partition coefficient (Wildman–Crippen LogP) is 2.96.